The van der Waals surface area contributed by atoms with Gasteiger partial charge in [-0.2, -0.15) is 0 Å². The van der Waals surface area contributed by atoms with Crippen molar-refractivity contribution >= 4 is 33.2 Å². The minimum Gasteiger partial charge on any atom is -0.347 e. The standard InChI is InChI=1S/C11H11Cl2N3O2S/c1-7(11-14-2-3-15-11)16-19(17,18)10-5-8(12)4-9(13)6-10/h2-7,16H,1H3,(H,14,15). The highest BCUT2D eigenvalue weighted by molar-refractivity contribution is 7.89. The largest absolute Gasteiger partial charge is 0.347 e. The number of rotatable bonds is 4. The van der Waals surface area contributed by atoms with Crippen molar-refractivity contribution in [1.29, 1.82) is 0 Å². The van der Waals surface area contributed by atoms with Gasteiger partial charge >= 0.3 is 0 Å². The van der Waals surface area contributed by atoms with Crippen LogP contribution in [0.15, 0.2) is 35.5 Å². The average Bonchev–Trinajstić information content (AvgIpc) is 2.80. The molecular formula is C11H11Cl2N3O2S. The second-order valence-corrected chi connectivity index (χ2v) is 6.51. The molecule has 0 spiro atoms. The van der Waals surface area contributed by atoms with E-state index in [9.17, 15) is 8.42 Å². The lowest BCUT2D eigenvalue weighted by Crippen LogP contribution is -2.27. The van der Waals surface area contributed by atoms with E-state index < -0.39 is 16.1 Å². The fraction of sp³-hybridized carbons (Fsp3) is 0.182. The summed E-state index contributed by atoms with van der Waals surface area (Å²) < 4.78 is 26.8. The molecule has 2 N–H and O–H groups in total. The Balaban J connectivity index is 2.27. The number of halogens is 2. The van der Waals surface area contributed by atoms with Gasteiger partial charge in [0.1, 0.15) is 5.82 Å². The van der Waals surface area contributed by atoms with Crippen molar-refractivity contribution in [2.45, 2.75) is 17.9 Å². The molecule has 19 heavy (non-hydrogen) atoms. The van der Waals surface area contributed by atoms with E-state index in [1.807, 2.05) is 0 Å². The number of hydrogen-bond donors (Lipinski definition) is 2. The summed E-state index contributed by atoms with van der Waals surface area (Å²) in [5.41, 5.74) is 0. The van der Waals surface area contributed by atoms with Gasteiger partial charge in [0, 0.05) is 22.4 Å². The van der Waals surface area contributed by atoms with Crippen LogP contribution >= 0.6 is 23.2 Å². The van der Waals surface area contributed by atoms with Gasteiger partial charge in [0.25, 0.3) is 0 Å². The van der Waals surface area contributed by atoms with E-state index in [1.165, 1.54) is 18.2 Å². The van der Waals surface area contributed by atoms with Gasteiger partial charge in [-0.15, -0.1) is 0 Å². The van der Waals surface area contributed by atoms with E-state index in [0.717, 1.165) is 0 Å². The molecule has 0 radical (unpaired) electrons. The highest BCUT2D eigenvalue weighted by atomic mass is 35.5. The molecule has 0 fully saturated rings. The van der Waals surface area contributed by atoms with Crippen LogP contribution in [0.4, 0.5) is 0 Å². The summed E-state index contributed by atoms with van der Waals surface area (Å²) in [6.45, 7) is 1.68. The Hall–Kier alpha value is -1.08. The van der Waals surface area contributed by atoms with E-state index >= 15 is 0 Å². The molecule has 1 aromatic carbocycles. The fourth-order valence-corrected chi connectivity index (χ4v) is 3.49. The SMILES string of the molecule is CC(NS(=O)(=O)c1cc(Cl)cc(Cl)c1)c1ncc[nH]1. The van der Waals surface area contributed by atoms with Crippen LogP contribution < -0.4 is 4.72 Å². The number of aromatic amines is 1. The van der Waals surface area contributed by atoms with E-state index in [0.29, 0.717) is 5.82 Å². The molecule has 0 bridgehead atoms. The molecule has 1 aromatic heterocycles. The second-order valence-electron chi connectivity index (χ2n) is 3.92. The third-order valence-electron chi connectivity index (χ3n) is 2.41. The zero-order valence-corrected chi connectivity index (χ0v) is 12.2. The van der Waals surface area contributed by atoms with Crippen LogP contribution in [0.2, 0.25) is 10.0 Å². The van der Waals surface area contributed by atoms with Crippen LogP contribution in [0.5, 0.6) is 0 Å². The van der Waals surface area contributed by atoms with Crippen molar-refractivity contribution in [3.63, 3.8) is 0 Å². The first-order valence-corrected chi connectivity index (χ1v) is 7.60. The number of nitrogens with zero attached hydrogens (tertiary/aromatic N) is 1. The monoisotopic (exact) mass is 319 g/mol. The van der Waals surface area contributed by atoms with Gasteiger partial charge in [0.05, 0.1) is 10.9 Å². The molecule has 0 aliphatic rings. The van der Waals surface area contributed by atoms with E-state index in [4.69, 9.17) is 23.2 Å². The first kappa shape index (κ1) is 14.3. The Morgan fingerprint density at radius 1 is 1.26 bits per heavy atom. The minimum absolute atomic E-state index is 0.0170. The zero-order chi connectivity index (χ0) is 14.0. The van der Waals surface area contributed by atoms with Crippen molar-refractivity contribution in [3.8, 4) is 0 Å². The lowest BCUT2D eigenvalue weighted by atomic mass is 10.3. The Labute approximate surface area is 121 Å². The maximum Gasteiger partial charge on any atom is 0.241 e. The number of H-pyrrole nitrogens is 1. The van der Waals surface area contributed by atoms with Gasteiger partial charge in [-0.3, -0.25) is 0 Å². The van der Waals surface area contributed by atoms with Gasteiger partial charge in [-0.1, -0.05) is 23.2 Å². The smallest absolute Gasteiger partial charge is 0.241 e. The third kappa shape index (κ3) is 3.48. The number of aromatic nitrogens is 2. The average molecular weight is 320 g/mol. The Morgan fingerprint density at radius 3 is 2.42 bits per heavy atom. The maximum atomic E-state index is 12.2. The highest BCUT2D eigenvalue weighted by Crippen LogP contribution is 2.23. The molecule has 0 amide bonds. The molecule has 1 unspecified atom stereocenters. The molecule has 1 heterocycles. The van der Waals surface area contributed by atoms with Crippen LogP contribution in [0, 0.1) is 0 Å². The first-order valence-electron chi connectivity index (χ1n) is 5.36. The van der Waals surface area contributed by atoms with Crippen LogP contribution in [0.1, 0.15) is 18.8 Å². The molecular weight excluding hydrogens is 309 g/mol. The fourth-order valence-electron chi connectivity index (χ4n) is 1.55. The number of imidazole rings is 1. The number of hydrogen-bond acceptors (Lipinski definition) is 3. The molecule has 5 nitrogen and oxygen atoms in total. The lowest BCUT2D eigenvalue weighted by Gasteiger charge is -2.12. The van der Waals surface area contributed by atoms with Crippen molar-refractivity contribution in [1.82, 2.24) is 14.7 Å². The number of benzene rings is 1. The van der Waals surface area contributed by atoms with Crippen molar-refractivity contribution in [2.24, 2.45) is 0 Å². The van der Waals surface area contributed by atoms with E-state index in [1.54, 1.807) is 19.3 Å². The molecule has 102 valence electrons. The predicted molar refractivity (Wildman–Crippen MR) is 73.8 cm³/mol. The highest BCUT2D eigenvalue weighted by Gasteiger charge is 2.20. The van der Waals surface area contributed by atoms with E-state index in [-0.39, 0.29) is 14.9 Å². The predicted octanol–water partition coefficient (Wildman–Crippen LogP) is 2.76. The molecule has 2 aromatic rings. The van der Waals surface area contributed by atoms with Crippen LogP contribution in [-0.2, 0) is 10.0 Å². The molecule has 0 aliphatic heterocycles. The normalized spacial score (nSPS) is 13.4. The van der Waals surface area contributed by atoms with Crippen molar-refractivity contribution < 1.29 is 8.42 Å². The molecule has 0 aliphatic carbocycles. The molecule has 0 saturated carbocycles. The topological polar surface area (TPSA) is 74.8 Å². The molecule has 2 rings (SSSR count). The summed E-state index contributed by atoms with van der Waals surface area (Å²) in [6, 6.07) is 3.66. The van der Waals surface area contributed by atoms with Crippen LogP contribution in [-0.4, -0.2) is 18.4 Å². The number of nitrogens with one attached hydrogen (secondary N) is 2. The van der Waals surface area contributed by atoms with Crippen LogP contribution in [0.25, 0.3) is 0 Å². The maximum absolute atomic E-state index is 12.2. The summed E-state index contributed by atoms with van der Waals surface area (Å²) in [7, 11) is -3.71. The van der Waals surface area contributed by atoms with Crippen molar-refractivity contribution in [2.75, 3.05) is 0 Å². The summed E-state index contributed by atoms with van der Waals surface area (Å²) in [6.07, 6.45) is 3.17. The van der Waals surface area contributed by atoms with Gasteiger partial charge in [-0.05, 0) is 25.1 Å². The van der Waals surface area contributed by atoms with E-state index in [2.05, 4.69) is 14.7 Å². The summed E-state index contributed by atoms with van der Waals surface area (Å²) >= 11 is 11.6. The molecule has 1 atom stereocenters. The third-order valence-corrected chi connectivity index (χ3v) is 4.36. The minimum atomic E-state index is -3.71. The van der Waals surface area contributed by atoms with Gasteiger partial charge in [0.15, 0.2) is 0 Å². The Bertz CT molecular complexity index is 651. The quantitative estimate of drug-likeness (QED) is 0.909. The molecule has 0 saturated heterocycles. The summed E-state index contributed by atoms with van der Waals surface area (Å²) in [5, 5.41) is 0.525. The molecule has 8 heteroatoms. The van der Waals surface area contributed by atoms with Gasteiger partial charge in [0.2, 0.25) is 10.0 Å². The van der Waals surface area contributed by atoms with Crippen molar-refractivity contribution in [3.05, 3.63) is 46.5 Å². The number of sulfonamides is 1. The second kappa shape index (κ2) is 5.50. The summed E-state index contributed by atoms with van der Waals surface area (Å²) in [5.74, 6) is 0.525. The summed E-state index contributed by atoms with van der Waals surface area (Å²) in [4.78, 5) is 6.86. The first-order chi connectivity index (χ1) is 8.88. The van der Waals surface area contributed by atoms with Gasteiger partial charge in [-0.25, -0.2) is 18.1 Å². The zero-order valence-electron chi connectivity index (χ0n) is 9.89. The lowest BCUT2D eigenvalue weighted by molar-refractivity contribution is 0.561. The Kier molecular flexibility index (Phi) is 4.15. The van der Waals surface area contributed by atoms with Crippen LogP contribution in [0.3, 0.4) is 0 Å². The Morgan fingerprint density at radius 2 is 1.89 bits per heavy atom. The van der Waals surface area contributed by atoms with Gasteiger partial charge < -0.3 is 4.98 Å².